The third-order valence-electron chi connectivity index (χ3n) is 4.94. The van der Waals surface area contributed by atoms with Crippen molar-refractivity contribution >= 4 is 17.7 Å². The van der Waals surface area contributed by atoms with E-state index in [1.165, 1.54) is 22.9 Å². The van der Waals surface area contributed by atoms with Crippen LogP contribution in [0, 0.1) is 13.8 Å². The summed E-state index contributed by atoms with van der Waals surface area (Å²) in [5.41, 5.74) is 4.62. The molecule has 3 aromatic rings. The minimum Gasteiger partial charge on any atom is -0.343 e. The van der Waals surface area contributed by atoms with E-state index in [1.54, 1.807) is 0 Å². The Balaban J connectivity index is 1.94. The summed E-state index contributed by atoms with van der Waals surface area (Å²) in [7, 11) is 0. The molecule has 0 saturated carbocycles. The van der Waals surface area contributed by atoms with E-state index in [-0.39, 0.29) is 5.91 Å². The van der Waals surface area contributed by atoms with E-state index in [2.05, 4.69) is 58.9 Å². The van der Waals surface area contributed by atoms with Gasteiger partial charge in [0.15, 0.2) is 5.16 Å². The lowest BCUT2D eigenvalue weighted by molar-refractivity contribution is -0.127. The van der Waals surface area contributed by atoms with Crippen LogP contribution in [-0.4, -0.2) is 44.4 Å². The molecule has 0 aliphatic rings. The molecule has 0 spiro atoms. The normalized spacial score (nSPS) is 10.9. The Hall–Kier alpha value is -2.60. The highest BCUT2D eigenvalue weighted by atomic mass is 32.2. The predicted molar refractivity (Wildman–Crippen MR) is 119 cm³/mol. The molecule has 0 atom stereocenters. The summed E-state index contributed by atoms with van der Waals surface area (Å²) in [5, 5.41) is 9.68. The summed E-state index contributed by atoms with van der Waals surface area (Å²) in [4.78, 5) is 14.3. The fourth-order valence-corrected chi connectivity index (χ4v) is 4.25. The average Bonchev–Trinajstić information content (AvgIpc) is 3.10. The topological polar surface area (TPSA) is 51.0 Å². The number of benzene rings is 2. The zero-order chi connectivity index (χ0) is 20.8. The standard InChI is InChI=1S/C23H28N4OS/c1-5-26(6-2)22(28)16-29-23-25-24-21(15-19-10-8-7-9-11-19)27(23)20-13-12-17(3)14-18(20)4/h7-14H,5-6,15-16H2,1-4H3. The second-order valence-electron chi connectivity index (χ2n) is 7.04. The monoisotopic (exact) mass is 408 g/mol. The van der Waals surface area contributed by atoms with Gasteiger partial charge in [-0.05, 0) is 44.9 Å². The second-order valence-corrected chi connectivity index (χ2v) is 7.98. The molecule has 0 fully saturated rings. The summed E-state index contributed by atoms with van der Waals surface area (Å²) in [5.74, 6) is 1.36. The maximum Gasteiger partial charge on any atom is 0.233 e. The van der Waals surface area contributed by atoms with Gasteiger partial charge in [0.1, 0.15) is 5.82 Å². The van der Waals surface area contributed by atoms with Gasteiger partial charge >= 0.3 is 0 Å². The van der Waals surface area contributed by atoms with Gasteiger partial charge in [-0.3, -0.25) is 9.36 Å². The van der Waals surface area contributed by atoms with E-state index >= 15 is 0 Å². The summed E-state index contributed by atoms with van der Waals surface area (Å²) in [6, 6.07) is 16.6. The van der Waals surface area contributed by atoms with Crippen molar-refractivity contribution in [3.05, 3.63) is 71.0 Å². The van der Waals surface area contributed by atoms with Gasteiger partial charge in [0.25, 0.3) is 0 Å². The number of amides is 1. The average molecular weight is 409 g/mol. The van der Waals surface area contributed by atoms with Crippen molar-refractivity contribution in [3.63, 3.8) is 0 Å². The fourth-order valence-electron chi connectivity index (χ4n) is 3.38. The molecule has 29 heavy (non-hydrogen) atoms. The van der Waals surface area contributed by atoms with Crippen LogP contribution in [0.15, 0.2) is 53.7 Å². The van der Waals surface area contributed by atoms with Crippen LogP contribution in [0.3, 0.4) is 0 Å². The quantitative estimate of drug-likeness (QED) is 0.517. The molecule has 0 aliphatic carbocycles. The van der Waals surface area contributed by atoms with Crippen molar-refractivity contribution in [1.29, 1.82) is 0 Å². The largest absolute Gasteiger partial charge is 0.343 e. The van der Waals surface area contributed by atoms with E-state index in [4.69, 9.17) is 0 Å². The van der Waals surface area contributed by atoms with Crippen LogP contribution in [0.5, 0.6) is 0 Å². The van der Waals surface area contributed by atoms with Gasteiger partial charge in [0.05, 0.1) is 11.4 Å². The number of carbonyl (C=O) groups excluding carboxylic acids is 1. The van der Waals surface area contributed by atoms with Crippen LogP contribution in [0.4, 0.5) is 0 Å². The molecule has 0 aliphatic heterocycles. The first-order valence-corrected chi connectivity index (χ1v) is 11.0. The molecule has 152 valence electrons. The number of aryl methyl sites for hydroxylation is 2. The SMILES string of the molecule is CCN(CC)C(=O)CSc1nnc(Cc2ccccc2)n1-c1ccc(C)cc1C. The van der Waals surface area contributed by atoms with Gasteiger partial charge < -0.3 is 4.90 Å². The molecule has 0 radical (unpaired) electrons. The lowest BCUT2D eigenvalue weighted by Gasteiger charge is -2.18. The highest BCUT2D eigenvalue weighted by molar-refractivity contribution is 7.99. The fraction of sp³-hybridized carbons (Fsp3) is 0.348. The first-order chi connectivity index (χ1) is 14.0. The Morgan fingerprint density at radius 1 is 1.03 bits per heavy atom. The molecule has 0 N–H and O–H groups in total. The highest BCUT2D eigenvalue weighted by Crippen LogP contribution is 2.26. The Labute approximate surface area is 177 Å². The Bertz CT molecular complexity index is 964. The first kappa shape index (κ1) is 21.1. The molecule has 5 nitrogen and oxygen atoms in total. The van der Waals surface area contributed by atoms with Crippen LogP contribution >= 0.6 is 11.8 Å². The number of hydrogen-bond acceptors (Lipinski definition) is 4. The number of thioether (sulfide) groups is 1. The van der Waals surface area contributed by atoms with Gasteiger partial charge in [-0.15, -0.1) is 10.2 Å². The van der Waals surface area contributed by atoms with E-state index in [1.807, 2.05) is 36.9 Å². The minimum atomic E-state index is 0.125. The van der Waals surface area contributed by atoms with Gasteiger partial charge in [-0.25, -0.2) is 0 Å². The maximum atomic E-state index is 12.5. The molecule has 6 heteroatoms. The van der Waals surface area contributed by atoms with Crippen molar-refractivity contribution < 1.29 is 4.79 Å². The molecule has 1 heterocycles. The molecular weight excluding hydrogens is 380 g/mol. The van der Waals surface area contributed by atoms with Gasteiger partial charge in [0, 0.05) is 19.5 Å². The number of carbonyl (C=O) groups is 1. The van der Waals surface area contributed by atoms with Crippen LogP contribution < -0.4 is 0 Å². The van der Waals surface area contributed by atoms with Crippen LogP contribution in [0.1, 0.15) is 36.4 Å². The van der Waals surface area contributed by atoms with Crippen LogP contribution in [0.25, 0.3) is 5.69 Å². The molecule has 3 rings (SSSR count). The summed E-state index contributed by atoms with van der Waals surface area (Å²) < 4.78 is 2.10. The second kappa shape index (κ2) is 9.74. The number of nitrogens with zero attached hydrogens (tertiary/aromatic N) is 4. The van der Waals surface area contributed by atoms with E-state index < -0.39 is 0 Å². The summed E-state index contributed by atoms with van der Waals surface area (Å²) in [6.07, 6.45) is 0.686. The lowest BCUT2D eigenvalue weighted by atomic mass is 10.1. The van der Waals surface area contributed by atoms with Gasteiger partial charge in [-0.1, -0.05) is 59.8 Å². The van der Waals surface area contributed by atoms with Crippen LogP contribution in [-0.2, 0) is 11.2 Å². The lowest BCUT2D eigenvalue weighted by Crippen LogP contribution is -2.31. The third-order valence-corrected chi connectivity index (χ3v) is 5.85. The van der Waals surface area contributed by atoms with Crippen molar-refractivity contribution in [2.45, 2.75) is 39.3 Å². The number of rotatable bonds is 8. The zero-order valence-electron chi connectivity index (χ0n) is 17.6. The first-order valence-electron chi connectivity index (χ1n) is 9.99. The molecule has 0 saturated heterocycles. The highest BCUT2D eigenvalue weighted by Gasteiger charge is 2.19. The van der Waals surface area contributed by atoms with Gasteiger partial charge in [0.2, 0.25) is 5.91 Å². The Morgan fingerprint density at radius 3 is 2.41 bits per heavy atom. The minimum absolute atomic E-state index is 0.125. The molecule has 0 unspecified atom stereocenters. The van der Waals surface area contributed by atoms with Gasteiger partial charge in [-0.2, -0.15) is 0 Å². The molecule has 2 aromatic carbocycles. The molecule has 0 bridgehead atoms. The molecular formula is C23H28N4OS. The van der Waals surface area contributed by atoms with Crippen molar-refractivity contribution in [2.75, 3.05) is 18.8 Å². The van der Waals surface area contributed by atoms with Crippen molar-refractivity contribution in [1.82, 2.24) is 19.7 Å². The Morgan fingerprint density at radius 2 is 1.76 bits per heavy atom. The van der Waals surface area contributed by atoms with Crippen molar-refractivity contribution in [2.24, 2.45) is 0 Å². The van der Waals surface area contributed by atoms with E-state index in [0.29, 0.717) is 12.2 Å². The van der Waals surface area contributed by atoms with E-state index in [0.717, 1.165) is 35.3 Å². The van der Waals surface area contributed by atoms with E-state index in [9.17, 15) is 4.79 Å². The smallest absolute Gasteiger partial charge is 0.233 e. The summed E-state index contributed by atoms with van der Waals surface area (Å²) in [6.45, 7) is 9.64. The number of aromatic nitrogens is 3. The van der Waals surface area contributed by atoms with Crippen LogP contribution in [0.2, 0.25) is 0 Å². The zero-order valence-corrected chi connectivity index (χ0v) is 18.4. The third kappa shape index (κ3) is 5.07. The predicted octanol–water partition coefficient (Wildman–Crippen LogP) is 4.44. The Kier molecular flexibility index (Phi) is 7.09. The maximum absolute atomic E-state index is 12.5. The number of hydrogen-bond donors (Lipinski definition) is 0. The van der Waals surface area contributed by atoms with Crippen molar-refractivity contribution in [3.8, 4) is 5.69 Å². The molecule has 1 amide bonds. The molecule has 1 aromatic heterocycles. The summed E-state index contributed by atoms with van der Waals surface area (Å²) >= 11 is 1.45.